The predicted octanol–water partition coefficient (Wildman–Crippen LogP) is -0.840. The molecule has 185 valence electrons. The molecule has 0 unspecified atom stereocenters. The molecule has 3 amide bonds. The van der Waals surface area contributed by atoms with E-state index < -0.39 is 53.8 Å². The number of nitrogens with zero attached hydrogens (tertiary/aromatic N) is 1. The highest BCUT2D eigenvalue weighted by molar-refractivity contribution is 5.94. The Morgan fingerprint density at radius 2 is 1.70 bits per heavy atom. The summed E-state index contributed by atoms with van der Waals surface area (Å²) in [6.45, 7) is 3.87. The fraction of sp³-hybridized carbons (Fsp3) is 0.714. The normalized spacial score (nSPS) is 19.1. The number of carboxylic acids is 2. The van der Waals surface area contributed by atoms with Crippen molar-refractivity contribution < 1.29 is 39.0 Å². The van der Waals surface area contributed by atoms with Gasteiger partial charge in [-0.1, -0.05) is 20.3 Å². The maximum absolute atomic E-state index is 13.3. The zero-order valence-electron chi connectivity index (χ0n) is 18.9. The summed E-state index contributed by atoms with van der Waals surface area (Å²) in [7, 11) is 0. The lowest BCUT2D eigenvalue weighted by atomic mass is 9.96. The molecule has 1 saturated heterocycles. The van der Waals surface area contributed by atoms with E-state index in [2.05, 4.69) is 10.6 Å². The number of carbonyl (C=O) groups excluding carboxylic acids is 4. The summed E-state index contributed by atoms with van der Waals surface area (Å²) in [5.41, 5.74) is 5.76. The summed E-state index contributed by atoms with van der Waals surface area (Å²) in [6, 6.07) is -4.05. The van der Waals surface area contributed by atoms with Gasteiger partial charge in [-0.15, -0.1) is 0 Å². The Balaban J connectivity index is 2.90. The Labute approximate surface area is 192 Å². The first kappa shape index (κ1) is 28.0. The van der Waals surface area contributed by atoms with Gasteiger partial charge in [0.15, 0.2) is 0 Å². The second kappa shape index (κ2) is 13.5. The van der Waals surface area contributed by atoms with Crippen LogP contribution < -0.4 is 16.4 Å². The molecular weight excluding hydrogens is 436 g/mol. The molecule has 0 aromatic carbocycles. The molecule has 0 bridgehead atoms. The zero-order valence-corrected chi connectivity index (χ0v) is 18.9. The number of nitrogens with one attached hydrogen (secondary N) is 2. The lowest BCUT2D eigenvalue weighted by molar-refractivity contribution is -0.143. The first-order valence-corrected chi connectivity index (χ1v) is 11.0. The van der Waals surface area contributed by atoms with Crippen LogP contribution in [0.2, 0.25) is 0 Å². The summed E-state index contributed by atoms with van der Waals surface area (Å²) in [4.78, 5) is 72.3. The van der Waals surface area contributed by atoms with Crippen molar-refractivity contribution in [1.29, 1.82) is 0 Å². The van der Waals surface area contributed by atoms with Gasteiger partial charge in [0.25, 0.3) is 0 Å². The highest BCUT2D eigenvalue weighted by atomic mass is 16.4. The first-order chi connectivity index (χ1) is 15.5. The number of amides is 3. The van der Waals surface area contributed by atoms with Gasteiger partial charge in [0.2, 0.25) is 24.0 Å². The van der Waals surface area contributed by atoms with E-state index in [-0.39, 0.29) is 38.1 Å². The highest BCUT2D eigenvalue weighted by Crippen LogP contribution is 2.22. The Kier molecular flexibility index (Phi) is 11.5. The Bertz CT molecular complexity index is 744. The quantitative estimate of drug-likeness (QED) is 0.215. The van der Waals surface area contributed by atoms with Crippen molar-refractivity contribution >= 4 is 35.9 Å². The van der Waals surface area contributed by atoms with Gasteiger partial charge in [-0.3, -0.25) is 28.8 Å². The third-order valence-corrected chi connectivity index (χ3v) is 5.73. The maximum Gasteiger partial charge on any atom is 0.303 e. The number of carbonyl (C=O) groups is 5. The number of carboxylic acid groups (broad SMARTS) is 2. The van der Waals surface area contributed by atoms with Crippen LogP contribution in [0.25, 0.3) is 0 Å². The summed E-state index contributed by atoms with van der Waals surface area (Å²) in [5.74, 6) is -4.21. The Morgan fingerprint density at radius 3 is 2.24 bits per heavy atom. The van der Waals surface area contributed by atoms with Crippen LogP contribution in [0.4, 0.5) is 0 Å². The van der Waals surface area contributed by atoms with Gasteiger partial charge in [-0.05, 0) is 31.6 Å². The molecule has 1 rings (SSSR count). The van der Waals surface area contributed by atoms with Crippen LogP contribution in [-0.2, 0) is 28.8 Å². The second-order valence-corrected chi connectivity index (χ2v) is 8.21. The monoisotopic (exact) mass is 469 g/mol. The summed E-state index contributed by atoms with van der Waals surface area (Å²) in [5, 5.41) is 22.6. The van der Waals surface area contributed by atoms with Gasteiger partial charge >= 0.3 is 11.9 Å². The van der Waals surface area contributed by atoms with E-state index in [1.54, 1.807) is 13.2 Å². The number of hydrogen-bond donors (Lipinski definition) is 5. The van der Waals surface area contributed by atoms with Gasteiger partial charge in [-0.2, -0.15) is 0 Å². The van der Waals surface area contributed by atoms with Crippen molar-refractivity contribution in [2.75, 3.05) is 6.54 Å². The molecule has 0 spiro atoms. The lowest BCUT2D eigenvalue weighted by Gasteiger charge is -2.32. The minimum Gasteiger partial charge on any atom is -0.481 e. The first-order valence-electron chi connectivity index (χ1n) is 11.0. The van der Waals surface area contributed by atoms with Crippen molar-refractivity contribution in [3.05, 3.63) is 0 Å². The smallest absolute Gasteiger partial charge is 0.303 e. The minimum atomic E-state index is -1.11. The molecule has 6 N–H and O–H groups in total. The van der Waals surface area contributed by atoms with Crippen molar-refractivity contribution in [3.8, 4) is 0 Å². The van der Waals surface area contributed by atoms with E-state index in [9.17, 15) is 28.8 Å². The zero-order chi connectivity index (χ0) is 25.1. The number of rotatable bonds is 14. The molecule has 0 aromatic heterocycles. The molecule has 0 aromatic rings. The SMILES string of the molecule is CC[C@H](C)[C@H](NC(=O)[C@@H](N)CCC(=O)O)C(=O)N1CCC[C@H]1C(=O)N[C@H]([C]=O)CCC(=O)O. The third-order valence-electron chi connectivity index (χ3n) is 5.73. The minimum absolute atomic E-state index is 0.0861. The van der Waals surface area contributed by atoms with E-state index in [1.165, 1.54) is 4.90 Å². The molecule has 33 heavy (non-hydrogen) atoms. The molecule has 1 heterocycles. The Morgan fingerprint density at radius 1 is 1.09 bits per heavy atom. The van der Waals surface area contributed by atoms with Crippen LogP contribution in [0.1, 0.15) is 58.8 Å². The molecule has 1 aliphatic heterocycles. The molecule has 1 radical (unpaired) electrons. The third kappa shape index (κ3) is 8.79. The fourth-order valence-corrected chi connectivity index (χ4v) is 3.53. The summed E-state index contributed by atoms with van der Waals surface area (Å²) < 4.78 is 0. The molecular formula is C21H33N4O8. The average molecular weight is 470 g/mol. The van der Waals surface area contributed by atoms with Gasteiger partial charge < -0.3 is 31.5 Å². The highest BCUT2D eigenvalue weighted by Gasteiger charge is 2.40. The maximum atomic E-state index is 13.3. The van der Waals surface area contributed by atoms with Crippen LogP contribution in [0.5, 0.6) is 0 Å². The van der Waals surface area contributed by atoms with Crippen molar-refractivity contribution in [2.45, 2.75) is 83.0 Å². The average Bonchev–Trinajstić information content (AvgIpc) is 3.27. The summed E-state index contributed by atoms with van der Waals surface area (Å²) >= 11 is 0. The van der Waals surface area contributed by atoms with Gasteiger partial charge in [0, 0.05) is 19.4 Å². The molecule has 5 atom stereocenters. The lowest BCUT2D eigenvalue weighted by Crippen LogP contribution is -2.58. The van der Waals surface area contributed by atoms with E-state index in [1.807, 2.05) is 6.92 Å². The van der Waals surface area contributed by atoms with Crippen molar-refractivity contribution in [1.82, 2.24) is 15.5 Å². The topological polar surface area (TPSA) is 196 Å². The van der Waals surface area contributed by atoms with Gasteiger partial charge in [0.1, 0.15) is 12.1 Å². The van der Waals surface area contributed by atoms with Crippen LogP contribution in [0, 0.1) is 5.92 Å². The van der Waals surface area contributed by atoms with Crippen LogP contribution in [0.15, 0.2) is 0 Å². The van der Waals surface area contributed by atoms with Crippen molar-refractivity contribution in [2.24, 2.45) is 11.7 Å². The summed E-state index contributed by atoms with van der Waals surface area (Å²) in [6.07, 6.45) is 2.21. The van der Waals surface area contributed by atoms with Gasteiger partial charge in [0.05, 0.1) is 12.1 Å². The second-order valence-electron chi connectivity index (χ2n) is 8.21. The Hall–Kier alpha value is -3.02. The fourth-order valence-electron chi connectivity index (χ4n) is 3.53. The van der Waals surface area contributed by atoms with E-state index in [0.29, 0.717) is 19.3 Å². The molecule has 12 nitrogen and oxygen atoms in total. The van der Waals surface area contributed by atoms with E-state index in [0.717, 1.165) is 0 Å². The van der Waals surface area contributed by atoms with Crippen LogP contribution in [-0.4, -0.2) is 81.8 Å². The molecule has 0 saturated carbocycles. The molecule has 1 aliphatic rings. The van der Waals surface area contributed by atoms with E-state index >= 15 is 0 Å². The number of aliphatic carboxylic acids is 2. The number of likely N-dealkylation sites (tertiary alicyclic amines) is 1. The van der Waals surface area contributed by atoms with Gasteiger partial charge in [-0.25, -0.2) is 0 Å². The number of hydrogen-bond acceptors (Lipinski definition) is 7. The van der Waals surface area contributed by atoms with Crippen LogP contribution >= 0.6 is 0 Å². The predicted molar refractivity (Wildman–Crippen MR) is 115 cm³/mol. The molecule has 12 heteroatoms. The largest absolute Gasteiger partial charge is 0.481 e. The van der Waals surface area contributed by atoms with Crippen LogP contribution in [0.3, 0.4) is 0 Å². The van der Waals surface area contributed by atoms with Crippen molar-refractivity contribution in [3.63, 3.8) is 0 Å². The molecule has 0 aliphatic carbocycles. The standard InChI is InChI=1S/C21H33N4O8/c1-3-12(2)18(24-19(31)14(22)7-9-17(29)30)21(33)25-10-4-5-15(25)20(32)23-13(11-26)6-8-16(27)28/h12-15,18H,3-10,22H2,1-2H3,(H,23,32)(H,24,31)(H,27,28)(H,29,30)/t12-,13-,14-,15-,18-/m0/s1. The van der Waals surface area contributed by atoms with E-state index in [4.69, 9.17) is 15.9 Å². The molecule has 1 fully saturated rings. The number of nitrogens with two attached hydrogens (primary N) is 1.